The minimum Gasteiger partial charge on any atom is -0.478 e. The van der Waals surface area contributed by atoms with E-state index in [0.717, 1.165) is 11.1 Å². The predicted molar refractivity (Wildman–Crippen MR) is 72.5 cm³/mol. The molecule has 5 nitrogen and oxygen atoms in total. The first-order chi connectivity index (χ1) is 9.08. The van der Waals surface area contributed by atoms with Crippen LogP contribution in [-0.2, 0) is 6.54 Å². The summed E-state index contributed by atoms with van der Waals surface area (Å²) in [6.45, 7) is 2.50. The van der Waals surface area contributed by atoms with Gasteiger partial charge in [0.2, 0.25) is 0 Å². The molecule has 0 bridgehead atoms. The van der Waals surface area contributed by atoms with E-state index in [1.807, 2.05) is 13.0 Å². The summed E-state index contributed by atoms with van der Waals surface area (Å²) in [5, 5.41) is 12.2. The number of rotatable bonds is 4. The van der Waals surface area contributed by atoms with Gasteiger partial charge >= 0.3 is 5.97 Å². The molecule has 6 heteroatoms. The largest absolute Gasteiger partial charge is 0.478 e. The Kier molecular flexibility index (Phi) is 3.97. The molecule has 2 rings (SSSR count). The molecule has 0 radical (unpaired) electrons. The van der Waals surface area contributed by atoms with Crippen molar-refractivity contribution in [2.75, 3.05) is 5.32 Å². The van der Waals surface area contributed by atoms with Crippen molar-refractivity contribution < 1.29 is 9.90 Å². The summed E-state index contributed by atoms with van der Waals surface area (Å²) in [4.78, 5) is 19.0. The van der Waals surface area contributed by atoms with E-state index in [2.05, 4.69) is 15.3 Å². The molecule has 0 unspecified atom stereocenters. The van der Waals surface area contributed by atoms with Gasteiger partial charge in [-0.2, -0.15) is 0 Å². The molecule has 2 aromatic rings. The van der Waals surface area contributed by atoms with Crippen molar-refractivity contribution in [3.63, 3.8) is 0 Å². The van der Waals surface area contributed by atoms with Gasteiger partial charge in [0, 0.05) is 25.1 Å². The highest BCUT2D eigenvalue weighted by atomic mass is 35.5. The molecular weight excluding hydrogens is 266 g/mol. The number of nitrogens with one attached hydrogen (secondary N) is 1. The Morgan fingerprint density at radius 3 is 2.95 bits per heavy atom. The second-order valence-electron chi connectivity index (χ2n) is 4.01. The number of carboxylic acids is 1. The number of pyridine rings is 2. The van der Waals surface area contributed by atoms with Crippen LogP contribution in [0.25, 0.3) is 0 Å². The molecule has 0 aliphatic heterocycles. The second-order valence-corrected chi connectivity index (χ2v) is 4.42. The Morgan fingerprint density at radius 2 is 2.26 bits per heavy atom. The maximum absolute atomic E-state index is 11.0. The molecule has 0 aromatic carbocycles. The number of halogens is 1. The van der Waals surface area contributed by atoms with Crippen molar-refractivity contribution in [1.29, 1.82) is 0 Å². The van der Waals surface area contributed by atoms with Gasteiger partial charge in [0.05, 0.1) is 10.6 Å². The maximum atomic E-state index is 11.0. The molecule has 0 spiro atoms. The SMILES string of the molecule is Cc1cnccc1CNc1cc(C(=O)O)c(Cl)cn1. The van der Waals surface area contributed by atoms with Gasteiger partial charge in [-0.25, -0.2) is 9.78 Å². The van der Waals surface area contributed by atoms with Crippen LogP contribution in [0.4, 0.5) is 5.82 Å². The normalized spacial score (nSPS) is 10.2. The molecule has 2 aromatic heterocycles. The van der Waals surface area contributed by atoms with Crippen molar-refractivity contribution in [2.45, 2.75) is 13.5 Å². The number of nitrogens with zero attached hydrogens (tertiary/aromatic N) is 2. The smallest absolute Gasteiger partial charge is 0.337 e. The molecule has 0 aliphatic carbocycles. The van der Waals surface area contributed by atoms with Gasteiger partial charge in [-0.3, -0.25) is 4.98 Å². The number of hydrogen-bond acceptors (Lipinski definition) is 4. The molecule has 2 N–H and O–H groups in total. The fourth-order valence-corrected chi connectivity index (χ4v) is 1.77. The van der Waals surface area contributed by atoms with Crippen molar-refractivity contribution in [2.24, 2.45) is 0 Å². The lowest BCUT2D eigenvalue weighted by Crippen LogP contribution is -2.05. The van der Waals surface area contributed by atoms with E-state index in [0.29, 0.717) is 12.4 Å². The van der Waals surface area contributed by atoms with Gasteiger partial charge in [0.1, 0.15) is 5.82 Å². The van der Waals surface area contributed by atoms with Gasteiger partial charge in [-0.15, -0.1) is 0 Å². The zero-order valence-electron chi connectivity index (χ0n) is 10.2. The van der Waals surface area contributed by atoms with Crippen molar-refractivity contribution in [3.8, 4) is 0 Å². The Labute approximate surface area is 115 Å². The van der Waals surface area contributed by atoms with Gasteiger partial charge < -0.3 is 10.4 Å². The Morgan fingerprint density at radius 1 is 1.47 bits per heavy atom. The molecule has 0 saturated heterocycles. The van der Waals surface area contributed by atoms with Crippen LogP contribution in [-0.4, -0.2) is 21.0 Å². The van der Waals surface area contributed by atoms with Crippen LogP contribution in [0, 0.1) is 6.92 Å². The molecule has 0 atom stereocenters. The van der Waals surface area contributed by atoms with Crippen LogP contribution in [0.1, 0.15) is 21.5 Å². The lowest BCUT2D eigenvalue weighted by molar-refractivity contribution is 0.0697. The summed E-state index contributed by atoms with van der Waals surface area (Å²) in [5.41, 5.74) is 2.16. The molecule has 0 aliphatic rings. The molecule has 0 saturated carbocycles. The predicted octanol–water partition coefficient (Wildman–Crippen LogP) is 2.75. The zero-order chi connectivity index (χ0) is 13.8. The third-order valence-electron chi connectivity index (χ3n) is 2.68. The Balaban J connectivity index is 2.14. The highest BCUT2D eigenvalue weighted by molar-refractivity contribution is 6.33. The Hall–Kier alpha value is -2.14. The first-order valence-electron chi connectivity index (χ1n) is 5.60. The molecule has 2 heterocycles. The van der Waals surface area contributed by atoms with Crippen LogP contribution in [0.2, 0.25) is 5.02 Å². The number of anilines is 1. The number of carbonyl (C=O) groups is 1. The first-order valence-corrected chi connectivity index (χ1v) is 5.98. The van der Waals surface area contributed by atoms with E-state index < -0.39 is 5.97 Å². The fraction of sp³-hybridized carbons (Fsp3) is 0.154. The number of aromatic nitrogens is 2. The van der Waals surface area contributed by atoms with Gasteiger partial charge in [0.25, 0.3) is 0 Å². The second kappa shape index (κ2) is 5.67. The number of aryl methyl sites for hydroxylation is 1. The molecular formula is C13H12ClN3O2. The van der Waals surface area contributed by atoms with Gasteiger partial charge in [-0.05, 0) is 30.2 Å². The zero-order valence-corrected chi connectivity index (χ0v) is 11.0. The van der Waals surface area contributed by atoms with E-state index in [9.17, 15) is 4.79 Å². The third-order valence-corrected chi connectivity index (χ3v) is 2.98. The van der Waals surface area contributed by atoms with Crippen LogP contribution >= 0.6 is 11.6 Å². The minimum absolute atomic E-state index is 0.0330. The number of carboxylic acid groups (broad SMARTS) is 1. The van der Waals surface area contributed by atoms with Crippen molar-refractivity contribution in [1.82, 2.24) is 9.97 Å². The molecule has 0 fully saturated rings. The maximum Gasteiger partial charge on any atom is 0.337 e. The number of aromatic carboxylic acids is 1. The highest BCUT2D eigenvalue weighted by Crippen LogP contribution is 2.18. The summed E-state index contributed by atoms with van der Waals surface area (Å²) in [6.07, 6.45) is 4.81. The Bertz CT molecular complexity index is 617. The first kappa shape index (κ1) is 13.3. The minimum atomic E-state index is -1.07. The lowest BCUT2D eigenvalue weighted by Gasteiger charge is -2.08. The third kappa shape index (κ3) is 3.20. The van der Waals surface area contributed by atoms with Crippen LogP contribution in [0.3, 0.4) is 0 Å². The monoisotopic (exact) mass is 277 g/mol. The van der Waals surface area contributed by atoms with Gasteiger partial charge in [-0.1, -0.05) is 11.6 Å². The van der Waals surface area contributed by atoms with Crippen molar-refractivity contribution in [3.05, 3.63) is 52.4 Å². The summed E-state index contributed by atoms with van der Waals surface area (Å²) in [5.74, 6) is -0.603. The van der Waals surface area contributed by atoms with E-state index in [4.69, 9.17) is 16.7 Å². The summed E-state index contributed by atoms with van der Waals surface area (Å²) in [7, 11) is 0. The summed E-state index contributed by atoms with van der Waals surface area (Å²) >= 11 is 5.75. The van der Waals surface area contributed by atoms with E-state index in [1.54, 1.807) is 12.4 Å². The topological polar surface area (TPSA) is 75.1 Å². The van der Waals surface area contributed by atoms with Crippen LogP contribution in [0.15, 0.2) is 30.7 Å². The molecule has 19 heavy (non-hydrogen) atoms. The van der Waals surface area contributed by atoms with E-state index >= 15 is 0 Å². The van der Waals surface area contributed by atoms with Crippen LogP contribution in [0.5, 0.6) is 0 Å². The van der Waals surface area contributed by atoms with Crippen LogP contribution < -0.4 is 5.32 Å². The van der Waals surface area contributed by atoms with E-state index in [-0.39, 0.29) is 10.6 Å². The van der Waals surface area contributed by atoms with Gasteiger partial charge in [0.15, 0.2) is 0 Å². The summed E-state index contributed by atoms with van der Waals surface area (Å²) < 4.78 is 0. The highest BCUT2D eigenvalue weighted by Gasteiger charge is 2.10. The number of hydrogen-bond donors (Lipinski definition) is 2. The average molecular weight is 278 g/mol. The fourth-order valence-electron chi connectivity index (χ4n) is 1.59. The summed E-state index contributed by atoms with van der Waals surface area (Å²) in [6, 6.07) is 3.32. The lowest BCUT2D eigenvalue weighted by atomic mass is 10.1. The standard InChI is InChI=1S/C13H12ClN3O2/c1-8-5-15-3-2-9(8)6-16-12-4-10(13(18)19)11(14)7-17-12/h2-5,7H,6H2,1H3,(H,16,17)(H,18,19). The molecule has 98 valence electrons. The molecule has 0 amide bonds. The van der Waals surface area contributed by atoms with E-state index in [1.165, 1.54) is 12.3 Å². The quantitative estimate of drug-likeness (QED) is 0.899. The average Bonchev–Trinajstić information content (AvgIpc) is 2.39. The van der Waals surface area contributed by atoms with Crippen molar-refractivity contribution >= 4 is 23.4 Å².